The minimum atomic E-state index is -4.68. The summed E-state index contributed by atoms with van der Waals surface area (Å²) in [5, 5.41) is 13.9. The quantitative estimate of drug-likeness (QED) is 0.627. The van der Waals surface area contributed by atoms with Crippen LogP contribution in [0.1, 0.15) is 11.3 Å². The van der Waals surface area contributed by atoms with Crippen molar-refractivity contribution in [1.82, 2.24) is 9.78 Å². The Bertz CT molecular complexity index is 682. The number of alkyl halides is 3. The molecule has 20 heavy (non-hydrogen) atoms. The number of nitro benzene ring substituents is 1. The Labute approximate surface area is 115 Å². The number of nitrogens with zero attached hydrogens (tertiary/aromatic N) is 3. The Balaban J connectivity index is 2.69. The summed E-state index contributed by atoms with van der Waals surface area (Å²) in [5.41, 5.74) is -1.95. The van der Waals surface area contributed by atoms with Gasteiger partial charge in [0.25, 0.3) is 5.69 Å². The van der Waals surface area contributed by atoms with Crippen LogP contribution in [0.4, 0.5) is 18.9 Å². The van der Waals surface area contributed by atoms with Crippen molar-refractivity contribution in [2.24, 2.45) is 0 Å². The van der Waals surface area contributed by atoms with Crippen molar-refractivity contribution >= 4 is 17.3 Å². The van der Waals surface area contributed by atoms with Gasteiger partial charge in [0.05, 0.1) is 4.92 Å². The van der Waals surface area contributed by atoms with E-state index >= 15 is 0 Å². The highest BCUT2D eigenvalue weighted by Gasteiger charge is 2.38. The smallest absolute Gasteiger partial charge is 0.258 e. The summed E-state index contributed by atoms with van der Waals surface area (Å²) in [7, 11) is 0. The zero-order valence-electron chi connectivity index (χ0n) is 9.98. The Morgan fingerprint density at radius 1 is 1.35 bits per heavy atom. The predicted molar refractivity (Wildman–Crippen MR) is 65.0 cm³/mol. The van der Waals surface area contributed by atoms with Gasteiger partial charge < -0.3 is 0 Å². The van der Waals surface area contributed by atoms with Crippen molar-refractivity contribution in [3.63, 3.8) is 0 Å². The molecule has 0 unspecified atom stereocenters. The van der Waals surface area contributed by atoms with Crippen LogP contribution in [0.25, 0.3) is 5.69 Å². The average Bonchev–Trinajstić information content (AvgIpc) is 2.66. The van der Waals surface area contributed by atoms with Gasteiger partial charge in [0, 0.05) is 11.6 Å². The molecule has 9 heteroatoms. The largest absolute Gasteiger partial charge is 0.435 e. The van der Waals surface area contributed by atoms with E-state index in [0.29, 0.717) is 0 Å². The van der Waals surface area contributed by atoms with Gasteiger partial charge in [0.15, 0.2) is 5.69 Å². The third-order valence-electron chi connectivity index (χ3n) is 2.63. The second-order valence-corrected chi connectivity index (χ2v) is 4.28. The van der Waals surface area contributed by atoms with Crippen molar-refractivity contribution < 1.29 is 18.1 Å². The molecule has 1 aromatic carbocycles. The second-order valence-electron chi connectivity index (χ2n) is 3.92. The molecule has 0 N–H and O–H groups in total. The summed E-state index contributed by atoms with van der Waals surface area (Å²) in [6.07, 6.45) is -4.68. The molecular weight excluding hydrogens is 299 g/mol. The summed E-state index contributed by atoms with van der Waals surface area (Å²) in [6.45, 7) is 1.16. The molecule has 0 amide bonds. The van der Waals surface area contributed by atoms with Crippen LogP contribution in [-0.4, -0.2) is 14.7 Å². The molecule has 0 fully saturated rings. The summed E-state index contributed by atoms with van der Waals surface area (Å²) < 4.78 is 39.0. The van der Waals surface area contributed by atoms with Crippen LogP contribution in [-0.2, 0) is 6.18 Å². The molecule has 0 saturated heterocycles. The van der Waals surface area contributed by atoms with Crippen LogP contribution in [0.2, 0.25) is 5.15 Å². The molecule has 2 aromatic rings. The Kier molecular flexibility index (Phi) is 3.43. The monoisotopic (exact) mass is 305 g/mol. The predicted octanol–water partition coefficient (Wildman–Crippen LogP) is 3.76. The van der Waals surface area contributed by atoms with Gasteiger partial charge in [-0.1, -0.05) is 23.7 Å². The maximum absolute atomic E-state index is 12.7. The summed E-state index contributed by atoms with van der Waals surface area (Å²) >= 11 is 5.81. The molecule has 5 nitrogen and oxygen atoms in total. The lowest BCUT2D eigenvalue weighted by Gasteiger charge is -2.04. The molecule has 1 aromatic heterocycles. The highest BCUT2D eigenvalue weighted by molar-refractivity contribution is 6.30. The Hall–Kier alpha value is -2.09. The van der Waals surface area contributed by atoms with E-state index in [-0.39, 0.29) is 22.1 Å². The standard InChI is InChI=1S/C11H7ClF3N3O2/c1-6-9(11(13,14)15)16-17(10(6)12)7-4-2-3-5-8(7)18(19)20/h2-5H,1H3. The van der Waals surface area contributed by atoms with Gasteiger partial charge in [-0.25, -0.2) is 4.68 Å². The second kappa shape index (κ2) is 4.78. The number of rotatable bonds is 2. The third-order valence-corrected chi connectivity index (χ3v) is 3.07. The number of halogens is 4. The van der Waals surface area contributed by atoms with Gasteiger partial charge in [-0.15, -0.1) is 0 Å². The molecule has 0 aliphatic carbocycles. The van der Waals surface area contributed by atoms with Gasteiger partial charge in [-0.2, -0.15) is 18.3 Å². The Morgan fingerprint density at radius 3 is 2.45 bits per heavy atom. The van der Waals surface area contributed by atoms with Gasteiger partial charge in [-0.3, -0.25) is 10.1 Å². The van der Waals surface area contributed by atoms with E-state index < -0.39 is 16.8 Å². The van der Waals surface area contributed by atoms with Crippen molar-refractivity contribution in [2.75, 3.05) is 0 Å². The first-order valence-electron chi connectivity index (χ1n) is 5.29. The molecule has 2 rings (SSSR count). The molecule has 106 valence electrons. The van der Waals surface area contributed by atoms with Crippen LogP contribution >= 0.6 is 11.6 Å². The highest BCUT2D eigenvalue weighted by Crippen LogP contribution is 2.36. The minimum Gasteiger partial charge on any atom is -0.258 e. The lowest BCUT2D eigenvalue weighted by molar-refractivity contribution is -0.384. The summed E-state index contributed by atoms with van der Waals surface area (Å²) in [5.74, 6) is 0. The fourth-order valence-electron chi connectivity index (χ4n) is 1.70. The first kappa shape index (κ1) is 14.3. The van der Waals surface area contributed by atoms with Crippen molar-refractivity contribution in [2.45, 2.75) is 13.1 Å². The van der Waals surface area contributed by atoms with E-state index in [1.165, 1.54) is 18.2 Å². The maximum atomic E-state index is 12.7. The van der Waals surface area contributed by atoms with E-state index in [1.54, 1.807) is 0 Å². The zero-order valence-corrected chi connectivity index (χ0v) is 10.7. The number of aromatic nitrogens is 2. The number of nitro groups is 1. The van der Waals surface area contributed by atoms with Gasteiger partial charge in [-0.05, 0) is 13.0 Å². The fraction of sp³-hybridized carbons (Fsp3) is 0.182. The molecule has 0 spiro atoms. The molecule has 0 aliphatic rings. The first-order valence-corrected chi connectivity index (χ1v) is 5.67. The molecule has 0 radical (unpaired) electrons. The van der Waals surface area contributed by atoms with Crippen molar-refractivity contribution in [1.29, 1.82) is 0 Å². The number of benzene rings is 1. The minimum absolute atomic E-state index is 0.124. The van der Waals surface area contributed by atoms with E-state index in [0.717, 1.165) is 17.7 Å². The topological polar surface area (TPSA) is 61.0 Å². The van der Waals surface area contributed by atoms with E-state index in [4.69, 9.17) is 11.6 Å². The molecular formula is C11H7ClF3N3O2. The lowest BCUT2D eigenvalue weighted by Crippen LogP contribution is -2.09. The normalized spacial score (nSPS) is 11.7. The highest BCUT2D eigenvalue weighted by atomic mass is 35.5. The van der Waals surface area contributed by atoms with Gasteiger partial charge >= 0.3 is 6.18 Å². The average molecular weight is 306 g/mol. The molecule has 0 bridgehead atoms. The molecule has 0 atom stereocenters. The number of hydrogen-bond donors (Lipinski definition) is 0. The number of hydrogen-bond acceptors (Lipinski definition) is 3. The van der Waals surface area contributed by atoms with Gasteiger partial charge in [0.1, 0.15) is 10.8 Å². The van der Waals surface area contributed by atoms with E-state index in [2.05, 4.69) is 5.10 Å². The fourth-order valence-corrected chi connectivity index (χ4v) is 1.92. The molecule has 0 aliphatic heterocycles. The van der Waals surface area contributed by atoms with Crippen LogP contribution < -0.4 is 0 Å². The first-order chi connectivity index (χ1) is 9.23. The maximum Gasteiger partial charge on any atom is 0.435 e. The van der Waals surface area contributed by atoms with Crippen LogP contribution in [0.5, 0.6) is 0 Å². The van der Waals surface area contributed by atoms with Gasteiger partial charge in [0.2, 0.25) is 0 Å². The van der Waals surface area contributed by atoms with Crippen molar-refractivity contribution in [3.8, 4) is 5.69 Å². The number of para-hydroxylation sites is 2. The SMILES string of the molecule is Cc1c(C(F)(F)F)nn(-c2ccccc2[N+](=O)[O-])c1Cl. The van der Waals surface area contributed by atoms with Crippen LogP contribution in [0, 0.1) is 17.0 Å². The van der Waals surface area contributed by atoms with E-state index in [1.807, 2.05) is 0 Å². The van der Waals surface area contributed by atoms with E-state index in [9.17, 15) is 23.3 Å². The summed E-state index contributed by atoms with van der Waals surface area (Å²) in [4.78, 5) is 10.2. The summed E-state index contributed by atoms with van der Waals surface area (Å²) in [6, 6.07) is 5.28. The van der Waals surface area contributed by atoms with Crippen molar-refractivity contribution in [3.05, 3.63) is 50.8 Å². The lowest BCUT2D eigenvalue weighted by atomic mass is 10.2. The molecule has 0 saturated carbocycles. The zero-order chi connectivity index (χ0) is 15.1. The Morgan fingerprint density at radius 2 is 1.95 bits per heavy atom. The van der Waals surface area contributed by atoms with Crippen LogP contribution in [0.3, 0.4) is 0 Å². The molecule has 1 heterocycles. The third kappa shape index (κ3) is 2.34. The van der Waals surface area contributed by atoms with Crippen LogP contribution in [0.15, 0.2) is 24.3 Å².